The highest BCUT2D eigenvalue weighted by atomic mass is 32.1. The summed E-state index contributed by atoms with van der Waals surface area (Å²) in [5.74, 6) is 0.503. The van der Waals surface area contributed by atoms with Gasteiger partial charge in [-0.1, -0.05) is 43.7 Å². The van der Waals surface area contributed by atoms with E-state index < -0.39 is 0 Å². The van der Waals surface area contributed by atoms with Gasteiger partial charge in [0.25, 0.3) is 5.91 Å². The van der Waals surface area contributed by atoms with Gasteiger partial charge in [-0.05, 0) is 12.8 Å². The molecule has 0 spiro atoms. The van der Waals surface area contributed by atoms with Crippen LogP contribution in [0.5, 0.6) is 0 Å². The van der Waals surface area contributed by atoms with Gasteiger partial charge in [-0.3, -0.25) is 9.69 Å². The van der Waals surface area contributed by atoms with Crippen LogP contribution in [0.25, 0.3) is 10.6 Å². The van der Waals surface area contributed by atoms with Crippen molar-refractivity contribution >= 4 is 17.2 Å². The summed E-state index contributed by atoms with van der Waals surface area (Å²) in [7, 11) is 0. The number of hydrogen-bond donors (Lipinski definition) is 1. The third-order valence-corrected chi connectivity index (χ3v) is 5.26. The predicted molar refractivity (Wildman–Crippen MR) is 106 cm³/mol. The fourth-order valence-corrected chi connectivity index (χ4v) is 3.90. The molecule has 26 heavy (non-hydrogen) atoms. The summed E-state index contributed by atoms with van der Waals surface area (Å²) in [6.45, 7) is 10.6. The van der Waals surface area contributed by atoms with E-state index in [4.69, 9.17) is 4.74 Å². The van der Waals surface area contributed by atoms with E-state index in [2.05, 4.69) is 48.1 Å². The highest BCUT2D eigenvalue weighted by Crippen LogP contribution is 2.24. The van der Waals surface area contributed by atoms with Crippen molar-refractivity contribution in [2.75, 3.05) is 32.8 Å². The van der Waals surface area contributed by atoms with E-state index >= 15 is 0 Å². The van der Waals surface area contributed by atoms with Gasteiger partial charge in [-0.25, -0.2) is 4.98 Å². The number of aryl methyl sites for hydroxylation is 1. The van der Waals surface area contributed by atoms with Crippen molar-refractivity contribution in [3.8, 4) is 10.6 Å². The minimum Gasteiger partial charge on any atom is -0.374 e. The first-order valence-corrected chi connectivity index (χ1v) is 10.0. The number of nitrogens with zero attached hydrogens (tertiary/aromatic N) is 2. The van der Waals surface area contributed by atoms with Gasteiger partial charge in [0.05, 0.1) is 12.7 Å². The summed E-state index contributed by atoms with van der Waals surface area (Å²) < 4.78 is 5.79. The summed E-state index contributed by atoms with van der Waals surface area (Å²) in [5, 5.41) is 5.65. The normalized spacial score (nSPS) is 18.2. The van der Waals surface area contributed by atoms with E-state index in [9.17, 15) is 4.79 Å². The van der Waals surface area contributed by atoms with Crippen LogP contribution < -0.4 is 5.32 Å². The summed E-state index contributed by atoms with van der Waals surface area (Å²) >= 11 is 1.49. The molecule has 0 radical (unpaired) electrons. The minimum atomic E-state index is -0.135. The Balaban J connectivity index is 1.53. The molecular formula is C20H27N3O2S. The number of hydrogen-bond acceptors (Lipinski definition) is 5. The lowest BCUT2D eigenvalue weighted by Crippen LogP contribution is -2.48. The van der Waals surface area contributed by atoms with Crippen LogP contribution >= 0.6 is 11.3 Å². The summed E-state index contributed by atoms with van der Waals surface area (Å²) in [4.78, 5) is 19.3. The molecule has 1 N–H and O–H groups in total. The number of nitrogens with one attached hydrogen (secondary N) is 1. The molecule has 1 aliphatic rings. The number of thiazole rings is 1. The average Bonchev–Trinajstić information content (AvgIpc) is 3.10. The number of carbonyl (C=O) groups is 1. The SMILES string of the molecule is Cc1ccc(-c2nc(C(=O)NCC3CN(CC(C)C)CCO3)cs2)cc1. The van der Waals surface area contributed by atoms with Crippen LogP contribution in [0.4, 0.5) is 0 Å². The van der Waals surface area contributed by atoms with Gasteiger partial charge in [0, 0.05) is 37.1 Å². The van der Waals surface area contributed by atoms with E-state index in [0.29, 0.717) is 18.2 Å². The number of rotatable bonds is 6. The lowest BCUT2D eigenvalue weighted by Gasteiger charge is -2.33. The van der Waals surface area contributed by atoms with Crippen molar-refractivity contribution in [2.45, 2.75) is 26.9 Å². The van der Waals surface area contributed by atoms with Gasteiger partial charge in [-0.2, -0.15) is 0 Å². The zero-order chi connectivity index (χ0) is 18.5. The Hall–Kier alpha value is -1.76. The predicted octanol–water partition coefficient (Wildman–Crippen LogP) is 3.21. The molecule has 2 heterocycles. The molecule has 1 atom stereocenters. The second-order valence-electron chi connectivity index (χ2n) is 7.26. The van der Waals surface area contributed by atoms with E-state index in [1.807, 2.05) is 17.5 Å². The largest absolute Gasteiger partial charge is 0.374 e. The van der Waals surface area contributed by atoms with Gasteiger partial charge in [0.2, 0.25) is 0 Å². The highest BCUT2D eigenvalue weighted by molar-refractivity contribution is 7.13. The maximum atomic E-state index is 12.4. The number of morpholine rings is 1. The summed E-state index contributed by atoms with van der Waals surface area (Å²) in [5.41, 5.74) is 2.72. The fraction of sp³-hybridized carbons (Fsp3) is 0.500. The second kappa shape index (κ2) is 8.75. The average molecular weight is 374 g/mol. The van der Waals surface area contributed by atoms with E-state index in [0.717, 1.165) is 36.8 Å². The zero-order valence-electron chi connectivity index (χ0n) is 15.7. The molecule has 1 amide bonds. The van der Waals surface area contributed by atoms with Crippen LogP contribution in [0.1, 0.15) is 29.9 Å². The summed E-state index contributed by atoms with van der Waals surface area (Å²) in [6, 6.07) is 8.18. The van der Waals surface area contributed by atoms with Crippen molar-refractivity contribution < 1.29 is 9.53 Å². The molecule has 1 aliphatic heterocycles. The number of carbonyl (C=O) groups excluding carboxylic acids is 1. The first kappa shape index (κ1) is 19.0. The standard InChI is InChI=1S/C20H27N3O2S/c1-14(2)11-23-8-9-25-17(12-23)10-21-19(24)18-13-26-20(22-18)16-6-4-15(3)5-7-16/h4-7,13-14,17H,8-12H2,1-3H3,(H,21,24). The number of ether oxygens (including phenoxy) is 1. The van der Waals surface area contributed by atoms with Crippen molar-refractivity contribution in [3.05, 3.63) is 40.9 Å². The molecule has 1 unspecified atom stereocenters. The van der Waals surface area contributed by atoms with Crippen molar-refractivity contribution in [1.29, 1.82) is 0 Å². The van der Waals surface area contributed by atoms with E-state index in [1.54, 1.807) is 0 Å². The molecule has 0 saturated carbocycles. The molecular weight excluding hydrogens is 346 g/mol. The van der Waals surface area contributed by atoms with Gasteiger partial charge >= 0.3 is 0 Å². The quantitative estimate of drug-likeness (QED) is 0.845. The number of amides is 1. The zero-order valence-corrected chi connectivity index (χ0v) is 16.5. The molecule has 2 aromatic rings. The third kappa shape index (κ3) is 5.13. The topological polar surface area (TPSA) is 54.5 Å². The van der Waals surface area contributed by atoms with Crippen LogP contribution in [0.3, 0.4) is 0 Å². The van der Waals surface area contributed by atoms with Crippen molar-refractivity contribution in [2.24, 2.45) is 5.92 Å². The van der Waals surface area contributed by atoms with Crippen LogP contribution in [-0.4, -0.2) is 54.7 Å². The molecule has 1 aromatic carbocycles. The molecule has 1 aromatic heterocycles. The molecule has 0 bridgehead atoms. The maximum absolute atomic E-state index is 12.4. The molecule has 3 rings (SSSR count). The van der Waals surface area contributed by atoms with Gasteiger partial charge in [0.1, 0.15) is 10.7 Å². The molecule has 6 heteroatoms. The van der Waals surface area contributed by atoms with E-state index in [1.165, 1.54) is 16.9 Å². The Morgan fingerprint density at radius 1 is 1.38 bits per heavy atom. The van der Waals surface area contributed by atoms with Crippen LogP contribution in [0, 0.1) is 12.8 Å². The summed E-state index contributed by atoms with van der Waals surface area (Å²) in [6.07, 6.45) is 0.0432. The number of benzene rings is 1. The van der Waals surface area contributed by atoms with Gasteiger partial charge < -0.3 is 10.1 Å². The molecule has 0 aliphatic carbocycles. The smallest absolute Gasteiger partial charge is 0.270 e. The Bertz CT molecular complexity index is 727. The van der Waals surface area contributed by atoms with Gasteiger partial charge in [-0.15, -0.1) is 11.3 Å². The Morgan fingerprint density at radius 2 is 2.15 bits per heavy atom. The lowest BCUT2D eigenvalue weighted by atomic mass is 10.2. The molecule has 1 fully saturated rings. The monoisotopic (exact) mass is 373 g/mol. The molecule has 140 valence electrons. The lowest BCUT2D eigenvalue weighted by molar-refractivity contribution is -0.0295. The van der Waals surface area contributed by atoms with Crippen LogP contribution in [-0.2, 0) is 4.74 Å². The highest BCUT2D eigenvalue weighted by Gasteiger charge is 2.22. The van der Waals surface area contributed by atoms with Crippen LogP contribution in [0.15, 0.2) is 29.6 Å². The Morgan fingerprint density at radius 3 is 2.88 bits per heavy atom. The van der Waals surface area contributed by atoms with Crippen molar-refractivity contribution in [3.63, 3.8) is 0 Å². The van der Waals surface area contributed by atoms with Crippen LogP contribution in [0.2, 0.25) is 0 Å². The van der Waals surface area contributed by atoms with Gasteiger partial charge in [0.15, 0.2) is 0 Å². The minimum absolute atomic E-state index is 0.0432. The fourth-order valence-electron chi connectivity index (χ4n) is 3.09. The Kier molecular flexibility index (Phi) is 6.40. The second-order valence-corrected chi connectivity index (χ2v) is 8.12. The maximum Gasteiger partial charge on any atom is 0.270 e. The number of aromatic nitrogens is 1. The van der Waals surface area contributed by atoms with Crippen molar-refractivity contribution in [1.82, 2.24) is 15.2 Å². The van der Waals surface area contributed by atoms with E-state index in [-0.39, 0.29) is 12.0 Å². The third-order valence-electron chi connectivity index (χ3n) is 4.37. The first-order valence-electron chi connectivity index (χ1n) is 9.16. The molecule has 5 nitrogen and oxygen atoms in total. The Labute approximate surface area is 159 Å². The molecule has 1 saturated heterocycles. The first-order chi connectivity index (χ1) is 12.5.